The van der Waals surface area contributed by atoms with E-state index < -0.39 is 46.0 Å². The summed E-state index contributed by atoms with van der Waals surface area (Å²) < 4.78 is 0. The number of hydroxylamine groups is 2. The number of carboxylic acids is 1. The van der Waals surface area contributed by atoms with Gasteiger partial charge in [0.15, 0.2) is 0 Å². The maximum atomic E-state index is 12.0. The summed E-state index contributed by atoms with van der Waals surface area (Å²) in [5, 5.41) is 20.5. The van der Waals surface area contributed by atoms with Crippen molar-refractivity contribution in [3.8, 4) is 0 Å². The average Bonchev–Trinajstić information content (AvgIpc) is 2.36. The molecule has 0 bridgehead atoms. The zero-order valence-electron chi connectivity index (χ0n) is 14.2. The molecule has 1 fully saturated rings. The Kier molecular flexibility index (Phi) is 5.25. The van der Waals surface area contributed by atoms with Crippen LogP contribution in [0.15, 0.2) is 0 Å². The highest BCUT2D eigenvalue weighted by atomic mass is 17.0. The van der Waals surface area contributed by atoms with Crippen molar-refractivity contribution in [3.63, 3.8) is 0 Å². The van der Waals surface area contributed by atoms with E-state index in [0.717, 1.165) is 0 Å². The maximum Gasteiger partial charge on any atom is 0.327 e. The predicted molar refractivity (Wildman–Crippen MR) is 78.5 cm³/mol. The summed E-state index contributed by atoms with van der Waals surface area (Å²) >= 11 is 0. The first-order valence-electron chi connectivity index (χ1n) is 7.37. The van der Waals surface area contributed by atoms with Gasteiger partial charge in [-0.05, 0) is 34.1 Å². The second kappa shape index (κ2) is 6.31. The van der Waals surface area contributed by atoms with Gasteiger partial charge in [0.05, 0.1) is 22.9 Å². The molecular formula is C14H24N2O7. The summed E-state index contributed by atoms with van der Waals surface area (Å²) in [6, 6.07) is 0. The first kappa shape index (κ1) is 19.1. The summed E-state index contributed by atoms with van der Waals surface area (Å²) in [5.74, 6) is -3.18. The smallest absolute Gasteiger partial charge is 0.327 e. The normalized spacial score (nSPS) is 26.6. The molecule has 1 aliphatic heterocycles. The Morgan fingerprint density at radius 2 is 1.83 bits per heavy atom. The minimum atomic E-state index is -1.28. The molecule has 9 heteroatoms. The standard InChI is InChI=1S/C14H24N2O7/c1-8(2)12(19)23-15-13(3,4)7-9(11(17)18)10(14(15,5)6)22-16(20)21/h8-10H,7H2,1-6H3,(H,17,18). The van der Waals surface area contributed by atoms with Crippen LogP contribution < -0.4 is 0 Å². The second-order valence-electron chi connectivity index (χ2n) is 7.22. The third-order valence-electron chi connectivity index (χ3n) is 4.02. The van der Waals surface area contributed by atoms with E-state index in [-0.39, 0.29) is 6.42 Å². The Hall–Kier alpha value is -1.90. The van der Waals surface area contributed by atoms with Gasteiger partial charge in [-0.15, -0.1) is 15.2 Å². The molecule has 2 unspecified atom stereocenters. The molecule has 132 valence electrons. The Morgan fingerprint density at radius 3 is 2.22 bits per heavy atom. The van der Waals surface area contributed by atoms with Crippen LogP contribution in [0.5, 0.6) is 0 Å². The van der Waals surface area contributed by atoms with Gasteiger partial charge in [-0.3, -0.25) is 9.59 Å². The van der Waals surface area contributed by atoms with Crippen molar-refractivity contribution in [2.45, 2.75) is 65.1 Å². The van der Waals surface area contributed by atoms with Gasteiger partial charge < -0.3 is 14.8 Å². The fourth-order valence-electron chi connectivity index (χ4n) is 3.06. The van der Waals surface area contributed by atoms with Crippen LogP contribution in [0.25, 0.3) is 0 Å². The lowest BCUT2D eigenvalue weighted by molar-refractivity contribution is -0.775. The van der Waals surface area contributed by atoms with E-state index in [2.05, 4.69) is 4.84 Å². The fraction of sp³-hybridized carbons (Fsp3) is 0.857. The highest BCUT2D eigenvalue weighted by molar-refractivity contribution is 5.72. The zero-order chi connectivity index (χ0) is 18.2. The largest absolute Gasteiger partial charge is 0.481 e. The Labute approximate surface area is 134 Å². The lowest BCUT2D eigenvalue weighted by atomic mass is 9.73. The van der Waals surface area contributed by atoms with Crippen molar-refractivity contribution in [2.75, 3.05) is 0 Å². The van der Waals surface area contributed by atoms with Crippen LogP contribution in [-0.2, 0) is 19.3 Å². The van der Waals surface area contributed by atoms with E-state index in [1.54, 1.807) is 41.5 Å². The third kappa shape index (κ3) is 3.90. The fourth-order valence-corrected chi connectivity index (χ4v) is 3.06. The van der Waals surface area contributed by atoms with Crippen LogP contribution in [0.4, 0.5) is 0 Å². The molecule has 2 atom stereocenters. The van der Waals surface area contributed by atoms with E-state index in [1.165, 1.54) is 5.06 Å². The summed E-state index contributed by atoms with van der Waals surface area (Å²) in [6.07, 6.45) is -1.24. The van der Waals surface area contributed by atoms with Gasteiger partial charge in [0.1, 0.15) is 6.10 Å². The Balaban J connectivity index is 3.27. The summed E-state index contributed by atoms with van der Waals surface area (Å²) in [6.45, 7) is 9.90. The van der Waals surface area contributed by atoms with Gasteiger partial charge in [-0.25, -0.2) is 0 Å². The molecule has 0 spiro atoms. The van der Waals surface area contributed by atoms with Gasteiger partial charge in [0.25, 0.3) is 5.09 Å². The minimum absolute atomic E-state index is 0.0373. The van der Waals surface area contributed by atoms with E-state index in [1.807, 2.05) is 0 Å². The number of piperidine rings is 1. The number of hydrogen-bond donors (Lipinski definition) is 1. The molecule has 1 heterocycles. The molecule has 0 radical (unpaired) electrons. The third-order valence-corrected chi connectivity index (χ3v) is 4.02. The summed E-state index contributed by atoms with van der Waals surface area (Å²) in [5.41, 5.74) is -2.03. The van der Waals surface area contributed by atoms with Crippen molar-refractivity contribution in [1.29, 1.82) is 0 Å². The quantitative estimate of drug-likeness (QED) is 0.596. The Morgan fingerprint density at radius 1 is 1.30 bits per heavy atom. The zero-order valence-corrected chi connectivity index (χ0v) is 14.2. The molecule has 0 aliphatic carbocycles. The number of carbonyl (C=O) groups is 2. The number of carbonyl (C=O) groups excluding carboxylic acids is 1. The van der Waals surface area contributed by atoms with E-state index in [9.17, 15) is 24.8 Å². The number of rotatable bonds is 5. The summed E-state index contributed by atoms with van der Waals surface area (Å²) in [7, 11) is 0. The van der Waals surface area contributed by atoms with Crippen LogP contribution in [0, 0.1) is 22.0 Å². The van der Waals surface area contributed by atoms with Crippen molar-refractivity contribution < 1.29 is 29.5 Å². The lowest BCUT2D eigenvalue weighted by Crippen LogP contribution is -2.69. The number of hydrogen-bond acceptors (Lipinski definition) is 7. The molecule has 9 nitrogen and oxygen atoms in total. The molecule has 23 heavy (non-hydrogen) atoms. The van der Waals surface area contributed by atoms with Crippen LogP contribution >= 0.6 is 0 Å². The van der Waals surface area contributed by atoms with Crippen LogP contribution in [-0.4, -0.2) is 44.4 Å². The van der Waals surface area contributed by atoms with Crippen molar-refractivity contribution in [3.05, 3.63) is 10.1 Å². The van der Waals surface area contributed by atoms with Gasteiger partial charge >= 0.3 is 11.9 Å². The van der Waals surface area contributed by atoms with Crippen molar-refractivity contribution in [2.24, 2.45) is 11.8 Å². The summed E-state index contributed by atoms with van der Waals surface area (Å²) in [4.78, 5) is 44.4. The number of carboxylic acid groups (broad SMARTS) is 1. The number of aliphatic carboxylic acids is 1. The lowest BCUT2D eigenvalue weighted by Gasteiger charge is -2.54. The highest BCUT2D eigenvalue weighted by Gasteiger charge is 2.58. The van der Waals surface area contributed by atoms with Gasteiger partial charge in [-0.2, -0.15) is 0 Å². The molecule has 0 saturated carbocycles. The molecule has 1 saturated heterocycles. The van der Waals surface area contributed by atoms with E-state index in [4.69, 9.17) is 4.84 Å². The maximum absolute atomic E-state index is 12.0. The molecule has 1 aliphatic rings. The average molecular weight is 332 g/mol. The molecular weight excluding hydrogens is 308 g/mol. The molecule has 0 aromatic carbocycles. The van der Waals surface area contributed by atoms with E-state index >= 15 is 0 Å². The predicted octanol–water partition coefficient (Wildman–Crippen LogP) is 1.64. The monoisotopic (exact) mass is 332 g/mol. The van der Waals surface area contributed by atoms with Crippen LogP contribution in [0.1, 0.15) is 48.0 Å². The second-order valence-corrected chi connectivity index (χ2v) is 7.22. The minimum Gasteiger partial charge on any atom is -0.481 e. The van der Waals surface area contributed by atoms with Crippen LogP contribution in [0.3, 0.4) is 0 Å². The molecule has 0 aromatic rings. The molecule has 1 N–H and O–H groups in total. The van der Waals surface area contributed by atoms with Crippen LogP contribution in [0.2, 0.25) is 0 Å². The van der Waals surface area contributed by atoms with Gasteiger partial charge in [-0.1, -0.05) is 13.8 Å². The molecule has 0 amide bonds. The van der Waals surface area contributed by atoms with E-state index in [0.29, 0.717) is 0 Å². The molecule has 1 rings (SSSR count). The highest BCUT2D eigenvalue weighted by Crippen LogP contribution is 2.43. The van der Waals surface area contributed by atoms with Gasteiger partial charge in [0, 0.05) is 0 Å². The first-order chi connectivity index (χ1) is 10.3. The van der Waals surface area contributed by atoms with Gasteiger partial charge in [0.2, 0.25) is 0 Å². The first-order valence-corrected chi connectivity index (χ1v) is 7.37. The Bertz CT molecular complexity index is 501. The molecule has 0 aromatic heterocycles. The number of nitrogens with zero attached hydrogens (tertiary/aromatic N) is 2. The SMILES string of the molecule is CC(C)C(=O)ON1C(C)(C)CC(C(=O)O)C(O[N+](=O)[O-])C1(C)C. The van der Waals surface area contributed by atoms with Crippen molar-refractivity contribution in [1.82, 2.24) is 5.06 Å². The van der Waals surface area contributed by atoms with Crippen molar-refractivity contribution >= 4 is 11.9 Å². The topological polar surface area (TPSA) is 119 Å².